The van der Waals surface area contributed by atoms with Crippen LogP contribution in [0.15, 0.2) is 48.7 Å². The van der Waals surface area contributed by atoms with Crippen molar-refractivity contribution in [2.75, 3.05) is 0 Å². The van der Waals surface area contributed by atoms with Gasteiger partial charge in [-0.2, -0.15) is 0 Å². The molecule has 0 aliphatic heterocycles. The largest absolute Gasteiger partial charge is 0.276 e. The molecule has 2 rings (SSSR count). The Morgan fingerprint density at radius 2 is 1.94 bits per heavy atom. The van der Waals surface area contributed by atoms with Crippen molar-refractivity contribution in [2.45, 2.75) is 0 Å². The monoisotopic (exact) mass is 260 g/mol. The van der Waals surface area contributed by atoms with Crippen LogP contribution >= 0.6 is 11.6 Å². The molecular weight excluding hydrogens is 252 g/mol. The van der Waals surface area contributed by atoms with Crippen LogP contribution in [-0.4, -0.2) is 9.91 Å². The topological polar surface area (TPSA) is 56.0 Å². The van der Waals surface area contributed by atoms with Gasteiger partial charge in [-0.25, -0.2) is 0 Å². The van der Waals surface area contributed by atoms with Gasteiger partial charge in [-0.05, 0) is 24.3 Å². The molecule has 90 valence electrons. The highest BCUT2D eigenvalue weighted by Crippen LogP contribution is 2.25. The summed E-state index contributed by atoms with van der Waals surface area (Å²) in [6.45, 7) is 0. The number of nitrogens with zero attached hydrogens (tertiary/aromatic N) is 2. The normalized spacial score (nSPS) is 11.3. The quantitative estimate of drug-likeness (QED) is 0.624. The van der Waals surface area contributed by atoms with Crippen LogP contribution < -0.4 is 0 Å². The Balaban J connectivity index is 2.42. The number of pyridine rings is 1. The second kappa shape index (κ2) is 5.42. The molecule has 0 atom stereocenters. The average Bonchev–Trinajstić information content (AvgIpc) is 2.40. The number of benzene rings is 1. The molecule has 5 heteroatoms. The molecule has 18 heavy (non-hydrogen) atoms. The summed E-state index contributed by atoms with van der Waals surface area (Å²) in [5.41, 5.74) is 1.06. The molecule has 4 nitrogen and oxygen atoms in total. The maximum Gasteiger partial charge on any atom is 0.276 e. The number of nitro groups is 1. The van der Waals surface area contributed by atoms with E-state index in [1.54, 1.807) is 48.7 Å². The Bertz CT molecular complexity index is 597. The number of halogens is 1. The molecule has 0 saturated heterocycles. The molecule has 0 N–H and O–H groups in total. The van der Waals surface area contributed by atoms with Crippen molar-refractivity contribution >= 4 is 28.4 Å². The molecule has 0 unspecified atom stereocenters. The Kier molecular flexibility index (Phi) is 3.69. The third-order valence-electron chi connectivity index (χ3n) is 2.33. The number of nitro benzene ring substituents is 1. The summed E-state index contributed by atoms with van der Waals surface area (Å²) >= 11 is 6.09. The lowest BCUT2D eigenvalue weighted by atomic mass is 10.1. The lowest BCUT2D eigenvalue weighted by molar-refractivity contribution is -0.385. The summed E-state index contributed by atoms with van der Waals surface area (Å²) in [7, 11) is 0. The zero-order chi connectivity index (χ0) is 13.0. The predicted molar refractivity (Wildman–Crippen MR) is 71.1 cm³/mol. The third kappa shape index (κ3) is 2.73. The molecule has 0 aliphatic rings. The van der Waals surface area contributed by atoms with Crippen LogP contribution in [0.5, 0.6) is 0 Å². The number of aromatic nitrogens is 1. The molecule has 0 fully saturated rings. The van der Waals surface area contributed by atoms with Crippen molar-refractivity contribution < 1.29 is 4.92 Å². The zero-order valence-corrected chi connectivity index (χ0v) is 10.0. The molecule has 0 bridgehead atoms. The molecule has 2 aromatic rings. The molecule has 0 amide bonds. The van der Waals surface area contributed by atoms with E-state index in [1.165, 1.54) is 6.07 Å². The Labute approximate surface area is 109 Å². The van der Waals surface area contributed by atoms with Gasteiger partial charge >= 0.3 is 0 Å². The summed E-state index contributed by atoms with van der Waals surface area (Å²) < 4.78 is 0. The van der Waals surface area contributed by atoms with E-state index in [9.17, 15) is 10.1 Å². The van der Waals surface area contributed by atoms with Crippen LogP contribution in [0.4, 0.5) is 5.69 Å². The Hall–Kier alpha value is -2.20. The molecule has 1 aromatic carbocycles. The third-order valence-corrected chi connectivity index (χ3v) is 2.63. The van der Waals surface area contributed by atoms with Gasteiger partial charge in [0.1, 0.15) is 0 Å². The van der Waals surface area contributed by atoms with Crippen LogP contribution in [0, 0.1) is 10.1 Å². The van der Waals surface area contributed by atoms with E-state index < -0.39 is 4.92 Å². The van der Waals surface area contributed by atoms with Gasteiger partial charge in [0, 0.05) is 12.3 Å². The first-order chi connectivity index (χ1) is 8.68. The van der Waals surface area contributed by atoms with E-state index in [2.05, 4.69) is 4.98 Å². The van der Waals surface area contributed by atoms with Crippen molar-refractivity contribution in [2.24, 2.45) is 0 Å². The number of hydrogen-bond donors (Lipinski definition) is 0. The fourth-order valence-corrected chi connectivity index (χ4v) is 1.72. The second-order valence-electron chi connectivity index (χ2n) is 3.52. The van der Waals surface area contributed by atoms with Gasteiger partial charge in [0.05, 0.1) is 21.2 Å². The molecule has 1 heterocycles. The first-order valence-electron chi connectivity index (χ1n) is 5.20. The van der Waals surface area contributed by atoms with E-state index >= 15 is 0 Å². The number of hydrogen-bond acceptors (Lipinski definition) is 3. The van der Waals surface area contributed by atoms with Crippen LogP contribution in [0.1, 0.15) is 11.3 Å². The summed E-state index contributed by atoms with van der Waals surface area (Å²) in [5.74, 6) is 0. The van der Waals surface area contributed by atoms with Crippen molar-refractivity contribution in [3.8, 4) is 0 Å². The van der Waals surface area contributed by atoms with E-state index in [1.807, 2.05) is 0 Å². The van der Waals surface area contributed by atoms with E-state index in [0.29, 0.717) is 16.3 Å². The number of rotatable bonds is 3. The summed E-state index contributed by atoms with van der Waals surface area (Å²) in [5, 5.41) is 11.2. The predicted octanol–water partition coefficient (Wildman–Crippen LogP) is 3.73. The fraction of sp³-hybridized carbons (Fsp3) is 0. The Morgan fingerprint density at radius 3 is 2.61 bits per heavy atom. The van der Waals surface area contributed by atoms with Gasteiger partial charge < -0.3 is 0 Å². The van der Waals surface area contributed by atoms with Crippen LogP contribution in [0.3, 0.4) is 0 Å². The van der Waals surface area contributed by atoms with Crippen LogP contribution in [0.25, 0.3) is 11.1 Å². The van der Waals surface area contributed by atoms with E-state index in [-0.39, 0.29) is 5.69 Å². The van der Waals surface area contributed by atoms with Gasteiger partial charge in [-0.1, -0.05) is 29.8 Å². The van der Waals surface area contributed by atoms with Gasteiger partial charge in [0.25, 0.3) is 5.69 Å². The van der Waals surface area contributed by atoms with Gasteiger partial charge in [0.15, 0.2) is 0 Å². The SMILES string of the molecule is O=[N+]([O-])c1ccccc1C=C(Cl)c1ccccn1. The summed E-state index contributed by atoms with van der Waals surface area (Å²) in [6, 6.07) is 11.7. The maximum atomic E-state index is 10.9. The smallest absolute Gasteiger partial charge is 0.258 e. The second-order valence-corrected chi connectivity index (χ2v) is 3.93. The number of para-hydroxylation sites is 1. The van der Waals surface area contributed by atoms with Crippen LogP contribution in [-0.2, 0) is 0 Å². The molecule has 0 saturated carbocycles. The summed E-state index contributed by atoms with van der Waals surface area (Å²) in [4.78, 5) is 14.5. The van der Waals surface area contributed by atoms with Crippen molar-refractivity contribution in [1.82, 2.24) is 4.98 Å². The van der Waals surface area contributed by atoms with Crippen molar-refractivity contribution in [1.29, 1.82) is 0 Å². The van der Waals surface area contributed by atoms with E-state index in [0.717, 1.165) is 0 Å². The van der Waals surface area contributed by atoms with Gasteiger partial charge in [-0.15, -0.1) is 0 Å². The molecule has 1 aromatic heterocycles. The molecule has 0 radical (unpaired) electrons. The minimum absolute atomic E-state index is 0.0200. The minimum atomic E-state index is -0.436. The Morgan fingerprint density at radius 1 is 1.22 bits per heavy atom. The first-order valence-corrected chi connectivity index (χ1v) is 5.58. The lowest BCUT2D eigenvalue weighted by Gasteiger charge is -1.99. The maximum absolute atomic E-state index is 10.9. The zero-order valence-electron chi connectivity index (χ0n) is 9.29. The molecular formula is C13H9ClN2O2. The highest BCUT2D eigenvalue weighted by molar-refractivity contribution is 6.51. The van der Waals surface area contributed by atoms with E-state index in [4.69, 9.17) is 11.6 Å². The van der Waals surface area contributed by atoms with Gasteiger partial charge in [0.2, 0.25) is 0 Å². The lowest BCUT2D eigenvalue weighted by Crippen LogP contribution is -1.91. The van der Waals surface area contributed by atoms with Crippen LogP contribution in [0.2, 0.25) is 0 Å². The average molecular weight is 261 g/mol. The highest BCUT2D eigenvalue weighted by Gasteiger charge is 2.11. The minimum Gasteiger partial charge on any atom is -0.258 e. The molecule has 0 aliphatic carbocycles. The van der Waals surface area contributed by atoms with Crippen molar-refractivity contribution in [3.05, 3.63) is 70.0 Å². The summed E-state index contributed by atoms with van der Waals surface area (Å²) in [6.07, 6.45) is 3.16. The molecule has 0 spiro atoms. The fourth-order valence-electron chi connectivity index (χ4n) is 1.49. The highest BCUT2D eigenvalue weighted by atomic mass is 35.5. The van der Waals surface area contributed by atoms with Crippen molar-refractivity contribution in [3.63, 3.8) is 0 Å². The van der Waals surface area contributed by atoms with Gasteiger partial charge in [-0.3, -0.25) is 15.1 Å². The standard InChI is InChI=1S/C13H9ClN2O2/c14-11(12-6-3-4-8-15-12)9-10-5-1-2-7-13(10)16(17)18/h1-9H. The first kappa shape index (κ1) is 12.3.